The molecule has 0 saturated carbocycles. The van der Waals surface area contributed by atoms with Gasteiger partial charge in [0.15, 0.2) is 5.78 Å². The lowest BCUT2D eigenvalue weighted by atomic mass is 9.95. The molecule has 0 aromatic heterocycles. The highest BCUT2D eigenvalue weighted by atomic mass is 16.1. The van der Waals surface area contributed by atoms with Crippen LogP contribution in [0.25, 0.3) is 0 Å². The zero-order valence-corrected chi connectivity index (χ0v) is 12.9. The van der Waals surface area contributed by atoms with Crippen molar-refractivity contribution in [3.63, 3.8) is 0 Å². The third kappa shape index (κ3) is 8.49. The van der Waals surface area contributed by atoms with Crippen LogP contribution >= 0.6 is 0 Å². The van der Waals surface area contributed by atoms with Gasteiger partial charge >= 0.3 is 0 Å². The summed E-state index contributed by atoms with van der Waals surface area (Å²) in [6.45, 7) is 8.86. The van der Waals surface area contributed by atoms with E-state index in [-0.39, 0.29) is 0 Å². The molecule has 0 amide bonds. The van der Waals surface area contributed by atoms with Crippen LogP contribution in [0.1, 0.15) is 79.1 Å². The summed E-state index contributed by atoms with van der Waals surface area (Å²) in [7, 11) is 0. The van der Waals surface area contributed by atoms with Gasteiger partial charge in [-0.2, -0.15) is 0 Å². The van der Waals surface area contributed by atoms with Gasteiger partial charge in [0.05, 0.1) is 0 Å². The Morgan fingerprint density at radius 2 is 1.67 bits per heavy atom. The SMILES string of the molecule is CCCCC(C=CC(=O)CCC(CC)CC)CC. The zero-order chi connectivity index (χ0) is 13.8. The van der Waals surface area contributed by atoms with Crippen molar-refractivity contribution in [3.05, 3.63) is 12.2 Å². The molecule has 0 N–H and O–H groups in total. The van der Waals surface area contributed by atoms with Crippen molar-refractivity contribution in [1.29, 1.82) is 0 Å². The summed E-state index contributed by atoms with van der Waals surface area (Å²) >= 11 is 0. The Bertz CT molecular complexity index is 226. The third-order valence-corrected chi connectivity index (χ3v) is 3.96. The summed E-state index contributed by atoms with van der Waals surface area (Å²) in [5, 5.41) is 0. The van der Waals surface area contributed by atoms with E-state index >= 15 is 0 Å². The molecule has 0 heterocycles. The number of hydrogen-bond donors (Lipinski definition) is 0. The maximum Gasteiger partial charge on any atom is 0.155 e. The second kappa shape index (κ2) is 11.5. The van der Waals surface area contributed by atoms with Crippen molar-refractivity contribution in [2.75, 3.05) is 0 Å². The standard InChI is InChI=1S/C17H32O/c1-5-9-10-16(8-4)12-14-17(18)13-11-15(6-2)7-3/h12,14-16H,5-11,13H2,1-4H3. The normalized spacial score (nSPS) is 13.4. The molecule has 1 nitrogen and oxygen atoms in total. The maximum absolute atomic E-state index is 11.8. The van der Waals surface area contributed by atoms with Gasteiger partial charge in [-0.1, -0.05) is 59.5 Å². The van der Waals surface area contributed by atoms with Crippen LogP contribution in [0, 0.1) is 11.8 Å². The summed E-state index contributed by atoms with van der Waals surface area (Å²) in [5.41, 5.74) is 0. The molecule has 0 fully saturated rings. The number of rotatable bonds is 11. The first-order valence-corrected chi connectivity index (χ1v) is 7.88. The fraction of sp³-hybridized carbons (Fsp3) is 0.824. The van der Waals surface area contributed by atoms with E-state index in [0.29, 0.717) is 11.7 Å². The molecule has 0 aromatic rings. The first-order chi connectivity index (χ1) is 8.67. The van der Waals surface area contributed by atoms with Gasteiger partial charge in [-0.3, -0.25) is 4.79 Å². The van der Waals surface area contributed by atoms with Crippen molar-refractivity contribution in [2.45, 2.75) is 79.1 Å². The van der Waals surface area contributed by atoms with Crippen LogP contribution in [0.2, 0.25) is 0 Å². The monoisotopic (exact) mass is 252 g/mol. The number of unbranched alkanes of at least 4 members (excludes halogenated alkanes) is 1. The minimum Gasteiger partial charge on any atom is -0.295 e. The number of carbonyl (C=O) groups is 1. The summed E-state index contributed by atoms with van der Waals surface area (Å²) in [6.07, 6.45) is 13.0. The Morgan fingerprint density at radius 1 is 1.00 bits per heavy atom. The van der Waals surface area contributed by atoms with Gasteiger partial charge in [0, 0.05) is 6.42 Å². The van der Waals surface area contributed by atoms with Crippen molar-refractivity contribution in [2.24, 2.45) is 11.8 Å². The molecule has 0 radical (unpaired) electrons. The molecule has 0 bridgehead atoms. The predicted molar refractivity (Wildman–Crippen MR) is 80.8 cm³/mol. The Labute approximate surface area is 114 Å². The van der Waals surface area contributed by atoms with Gasteiger partial charge < -0.3 is 0 Å². The quantitative estimate of drug-likeness (QED) is 0.441. The lowest BCUT2D eigenvalue weighted by Gasteiger charge is -2.10. The molecular formula is C17H32O. The van der Waals surface area contributed by atoms with Gasteiger partial charge in [-0.25, -0.2) is 0 Å². The van der Waals surface area contributed by atoms with Crippen LogP contribution < -0.4 is 0 Å². The lowest BCUT2D eigenvalue weighted by molar-refractivity contribution is -0.114. The first kappa shape index (κ1) is 17.4. The molecule has 1 heteroatoms. The molecule has 106 valence electrons. The molecule has 0 aromatic carbocycles. The van der Waals surface area contributed by atoms with Crippen LogP contribution in [0.15, 0.2) is 12.2 Å². The van der Waals surface area contributed by atoms with E-state index in [9.17, 15) is 4.79 Å². The minimum absolute atomic E-state index is 0.317. The Kier molecular flexibility index (Phi) is 11.1. The predicted octanol–water partition coefficient (Wildman–Crippen LogP) is 5.54. The number of ketones is 1. The lowest BCUT2D eigenvalue weighted by Crippen LogP contribution is -2.02. The molecule has 1 unspecified atom stereocenters. The van der Waals surface area contributed by atoms with Crippen molar-refractivity contribution in [3.8, 4) is 0 Å². The molecule has 18 heavy (non-hydrogen) atoms. The fourth-order valence-corrected chi connectivity index (χ4v) is 2.27. The third-order valence-electron chi connectivity index (χ3n) is 3.96. The van der Waals surface area contributed by atoms with E-state index in [4.69, 9.17) is 0 Å². The van der Waals surface area contributed by atoms with E-state index in [1.165, 1.54) is 32.1 Å². The Hall–Kier alpha value is -0.590. The molecule has 0 rings (SSSR count). The summed E-state index contributed by atoms with van der Waals surface area (Å²) in [5.74, 6) is 1.64. The number of carbonyl (C=O) groups excluding carboxylic acids is 1. The number of allylic oxidation sites excluding steroid dienone is 2. The molecule has 1 atom stereocenters. The van der Waals surface area contributed by atoms with Crippen LogP contribution in [0.3, 0.4) is 0 Å². The molecule has 0 saturated heterocycles. The smallest absolute Gasteiger partial charge is 0.155 e. The van der Waals surface area contributed by atoms with Crippen LogP contribution in [-0.4, -0.2) is 5.78 Å². The van der Waals surface area contributed by atoms with Crippen molar-refractivity contribution >= 4 is 5.78 Å². The van der Waals surface area contributed by atoms with Gasteiger partial charge in [0.2, 0.25) is 0 Å². The molecule has 0 aliphatic heterocycles. The van der Waals surface area contributed by atoms with Gasteiger partial charge in [0.25, 0.3) is 0 Å². The summed E-state index contributed by atoms with van der Waals surface area (Å²) in [6, 6.07) is 0. The highest BCUT2D eigenvalue weighted by molar-refractivity contribution is 5.89. The van der Waals surface area contributed by atoms with E-state index in [1.54, 1.807) is 0 Å². The van der Waals surface area contributed by atoms with E-state index in [1.807, 2.05) is 6.08 Å². The number of hydrogen-bond acceptors (Lipinski definition) is 1. The average molecular weight is 252 g/mol. The second-order valence-electron chi connectivity index (χ2n) is 5.36. The van der Waals surface area contributed by atoms with E-state index < -0.39 is 0 Å². The zero-order valence-electron chi connectivity index (χ0n) is 12.9. The largest absolute Gasteiger partial charge is 0.295 e. The highest BCUT2D eigenvalue weighted by Crippen LogP contribution is 2.16. The van der Waals surface area contributed by atoms with Crippen molar-refractivity contribution < 1.29 is 4.79 Å². The second-order valence-corrected chi connectivity index (χ2v) is 5.36. The van der Waals surface area contributed by atoms with E-state index in [0.717, 1.165) is 25.2 Å². The van der Waals surface area contributed by atoms with E-state index in [2.05, 4.69) is 33.8 Å². The fourth-order valence-electron chi connectivity index (χ4n) is 2.27. The molecular weight excluding hydrogens is 220 g/mol. The molecule has 0 aliphatic carbocycles. The minimum atomic E-state index is 0.317. The average Bonchev–Trinajstić information content (AvgIpc) is 2.40. The Morgan fingerprint density at radius 3 is 2.17 bits per heavy atom. The summed E-state index contributed by atoms with van der Waals surface area (Å²) < 4.78 is 0. The van der Waals surface area contributed by atoms with Gasteiger partial charge in [-0.05, 0) is 37.2 Å². The van der Waals surface area contributed by atoms with Crippen LogP contribution in [0.5, 0.6) is 0 Å². The molecule has 0 spiro atoms. The van der Waals surface area contributed by atoms with Gasteiger partial charge in [-0.15, -0.1) is 0 Å². The Balaban J connectivity index is 3.96. The summed E-state index contributed by atoms with van der Waals surface area (Å²) in [4.78, 5) is 11.8. The van der Waals surface area contributed by atoms with Crippen molar-refractivity contribution in [1.82, 2.24) is 0 Å². The first-order valence-electron chi connectivity index (χ1n) is 7.88. The van der Waals surface area contributed by atoms with Crippen LogP contribution in [0.4, 0.5) is 0 Å². The maximum atomic E-state index is 11.8. The topological polar surface area (TPSA) is 17.1 Å². The highest BCUT2D eigenvalue weighted by Gasteiger charge is 2.07. The van der Waals surface area contributed by atoms with Gasteiger partial charge in [0.1, 0.15) is 0 Å². The van der Waals surface area contributed by atoms with Crippen LogP contribution in [-0.2, 0) is 4.79 Å². The molecule has 0 aliphatic rings.